The van der Waals surface area contributed by atoms with Gasteiger partial charge in [-0.15, -0.1) is 10.2 Å². The first-order valence-corrected chi connectivity index (χ1v) is 6.98. The minimum atomic E-state index is -3.24. The Balaban J connectivity index is 2.34. The van der Waals surface area contributed by atoms with E-state index in [1.54, 1.807) is 24.4 Å². The van der Waals surface area contributed by atoms with Crippen molar-refractivity contribution in [1.82, 2.24) is 19.3 Å². The topological polar surface area (TPSA) is 76.4 Å². The van der Waals surface area contributed by atoms with Crippen molar-refractivity contribution in [1.29, 1.82) is 0 Å². The molecule has 0 saturated carbocycles. The summed E-state index contributed by atoms with van der Waals surface area (Å²) in [7, 11) is -3.24. The maximum Gasteiger partial charge on any atom is 0.211 e. The van der Waals surface area contributed by atoms with Crippen molar-refractivity contribution in [2.24, 2.45) is 0 Å². The molecule has 7 heteroatoms. The van der Waals surface area contributed by atoms with Gasteiger partial charge in [0.05, 0.1) is 11.8 Å². The zero-order chi connectivity index (χ0) is 12.5. The minimum Gasteiger partial charge on any atom is -0.285 e. The largest absolute Gasteiger partial charge is 0.285 e. The second-order valence-corrected chi connectivity index (χ2v) is 5.77. The van der Waals surface area contributed by atoms with Gasteiger partial charge in [0, 0.05) is 6.20 Å². The van der Waals surface area contributed by atoms with Gasteiger partial charge in [0.1, 0.15) is 0 Å². The van der Waals surface area contributed by atoms with Gasteiger partial charge in [-0.3, -0.25) is 4.40 Å². The first-order valence-electron chi connectivity index (χ1n) is 5.33. The zero-order valence-corrected chi connectivity index (χ0v) is 10.5. The van der Waals surface area contributed by atoms with E-state index in [4.69, 9.17) is 0 Å². The van der Waals surface area contributed by atoms with Crippen LogP contribution in [0.5, 0.6) is 0 Å². The fourth-order valence-corrected chi connectivity index (χ4v) is 2.37. The summed E-state index contributed by atoms with van der Waals surface area (Å²) in [5.41, 5.74) is 0.699. The molecule has 0 spiro atoms. The summed E-state index contributed by atoms with van der Waals surface area (Å²) in [5, 5.41) is 7.97. The van der Waals surface area contributed by atoms with Crippen LogP contribution in [0, 0.1) is 0 Å². The molecule has 0 fully saturated rings. The second kappa shape index (κ2) is 4.42. The molecule has 1 N–H and O–H groups in total. The highest BCUT2D eigenvalue weighted by molar-refractivity contribution is 7.89. The van der Waals surface area contributed by atoms with E-state index in [1.165, 1.54) is 0 Å². The molecule has 0 saturated heterocycles. The van der Waals surface area contributed by atoms with E-state index in [2.05, 4.69) is 14.9 Å². The van der Waals surface area contributed by atoms with Gasteiger partial charge < -0.3 is 0 Å². The number of sulfonamides is 1. The molecule has 0 aliphatic heterocycles. The quantitative estimate of drug-likeness (QED) is 0.872. The van der Waals surface area contributed by atoms with Crippen molar-refractivity contribution in [3.8, 4) is 0 Å². The molecule has 0 aromatic carbocycles. The molecule has 6 nitrogen and oxygen atoms in total. The molecule has 0 aliphatic rings. The van der Waals surface area contributed by atoms with Crippen LogP contribution in [-0.2, 0) is 10.0 Å². The van der Waals surface area contributed by atoms with Gasteiger partial charge in [-0.25, -0.2) is 13.1 Å². The monoisotopic (exact) mass is 254 g/mol. The van der Waals surface area contributed by atoms with Crippen molar-refractivity contribution >= 4 is 15.7 Å². The SMILES string of the molecule is CCS(=O)(=O)NC(C)c1nnc2ccccn12. The molecule has 1 unspecified atom stereocenters. The van der Waals surface area contributed by atoms with Crippen LogP contribution in [-0.4, -0.2) is 28.8 Å². The third-order valence-corrected chi connectivity index (χ3v) is 3.94. The Morgan fingerprint density at radius 3 is 2.88 bits per heavy atom. The van der Waals surface area contributed by atoms with Crippen LogP contribution in [0.15, 0.2) is 24.4 Å². The van der Waals surface area contributed by atoms with Crippen LogP contribution >= 0.6 is 0 Å². The first-order chi connectivity index (χ1) is 8.03. The Bertz CT molecular complexity index is 620. The fraction of sp³-hybridized carbons (Fsp3) is 0.400. The molecule has 0 bridgehead atoms. The lowest BCUT2D eigenvalue weighted by atomic mass is 10.3. The standard InChI is InChI=1S/C10H14N4O2S/c1-3-17(15,16)13-8(2)10-12-11-9-6-4-5-7-14(9)10/h4-8,13H,3H2,1-2H3. The first kappa shape index (κ1) is 12.0. The number of hydrogen-bond donors (Lipinski definition) is 1. The number of hydrogen-bond acceptors (Lipinski definition) is 4. The summed E-state index contributed by atoms with van der Waals surface area (Å²) in [6, 6.07) is 5.12. The van der Waals surface area contributed by atoms with Gasteiger partial charge in [0.25, 0.3) is 0 Å². The predicted molar refractivity (Wildman–Crippen MR) is 64.0 cm³/mol. The molecular weight excluding hydrogens is 240 g/mol. The smallest absolute Gasteiger partial charge is 0.211 e. The number of nitrogens with one attached hydrogen (secondary N) is 1. The van der Waals surface area contributed by atoms with E-state index in [0.29, 0.717) is 11.5 Å². The number of rotatable bonds is 4. The van der Waals surface area contributed by atoms with Gasteiger partial charge in [-0.2, -0.15) is 0 Å². The molecule has 17 heavy (non-hydrogen) atoms. The Kier molecular flexibility index (Phi) is 3.12. The molecular formula is C10H14N4O2S. The van der Waals surface area contributed by atoms with Gasteiger partial charge in [-0.1, -0.05) is 6.07 Å². The Morgan fingerprint density at radius 2 is 2.18 bits per heavy atom. The summed E-state index contributed by atoms with van der Waals surface area (Å²) in [4.78, 5) is 0. The fourth-order valence-electron chi connectivity index (χ4n) is 1.56. The average molecular weight is 254 g/mol. The molecule has 0 radical (unpaired) electrons. The van der Waals surface area contributed by atoms with E-state index in [-0.39, 0.29) is 5.75 Å². The van der Waals surface area contributed by atoms with Crippen LogP contribution < -0.4 is 4.72 Å². The van der Waals surface area contributed by atoms with Crippen LogP contribution in [0.2, 0.25) is 0 Å². The van der Waals surface area contributed by atoms with E-state index < -0.39 is 16.1 Å². The third-order valence-electron chi connectivity index (χ3n) is 2.46. The highest BCUT2D eigenvalue weighted by Crippen LogP contribution is 2.12. The summed E-state index contributed by atoms with van der Waals surface area (Å²) in [6.45, 7) is 3.34. The number of fused-ring (bicyclic) bond motifs is 1. The predicted octanol–water partition coefficient (Wildman–Crippen LogP) is 0.730. The number of aromatic nitrogens is 3. The lowest BCUT2D eigenvalue weighted by Gasteiger charge is -2.11. The van der Waals surface area contributed by atoms with Crippen molar-refractivity contribution in [3.63, 3.8) is 0 Å². The van der Waals surface area contributed by atoms with Crippen LogP contribution in [0.1, 0.15) is 25.7 Å². The molecule has 2 heterocycles. The molecule has 92 valence electrons. The van der Waals surface area contributed by atoms with Crippen LogP contribution in [0.25, 0.3) is 5.65 Å². The summed E-state index contributed by atoms with van der Waals surface area (Å²) >= 11 is 0. The summed E-state index contributed by atoms with van der Waals surface area (Å²) in [6.07, 6.45) is 1.81. The number of pyridine rings is 1. The maximum atomic E-state index is 11.5. The summed E-state index contributed by atoms with van der Waals surface area (Å²) < 4.78 is 27.3. The van der Waals surface area contributed by atoms with Crippen molar-refractivity contribution in [2.45, 2.75) is 19.9 Å². The van der Waals surface area contributed by atoms with E-state index >= 15 is 0 Å². The highest BCUT2D eigenvalue weighted by atomic mass is 32.2. The Labute approximate surface area is 99.7 Å². The average Bonchev–Trinajstić information content (AvgIpc) is 2.72. The third kappa shape index (κ3) is 2.45. The minimum absolute atomic E-state index is 0.0497. The Hall–Kier alpha value is -1.47. The lowest BCUT2D eigenvalue weighted by Crippen LogP contribution is -2.29. The molecule has 2 aromatic rings. The van der Waals surface area contributed by atoms with Crippen molar-refractivity contribution < 1.29 is 8.42 Å². The van der Waals surface area contributed by atoms with E-state index in [0.717, 1.165) is 0 Å². The van der Waals surface area contributed by atoms with Crippen LogP contribution in [0.4, 0.5) is 0 Å². The van der Waals surface area contributed by atoms with Gasteiger partial charge in [0.15, 0.2) is 11.5 Å². The highest BCUT2D eigenvalue weighted by Gasteiger charge is 2.18. The summed E-state index contributed by atoms with van der Waals surface area (Å²) in [5.74, 6) is 0.631. The normalized spacial score (nSPS) is 14.0. The number of nitrogens with zero attached hydrogens (tertiary/aromatic N) is 3. The lowest BCUT2D eigenvalue weighted by molar-refractivity contribution is 0.559. The van der Waals surface area contributed by atoms with Gasteiger partial charge in [0.2, 0.25) is 10.0 Å². The van der Waals surface area contributed by atoms with Crippen LogP contribution in [0.3, 0.4) is 0 Å². The maximum absolute atomic E-state index is 11.5. The molecule has 2 rings (SSSR count). The van der Waals surface area contributed by atoms with Crippen molar-refractivity contribution in [2.75, 3.05) is 5.75 Å². The molecule has 2 aromatic heterocycles. The molecule has 1 atom stereocenters. The second-order valence-electron chi connectivity index (χ2n) is 3.73. The zero-order valence-electron chi connectivity index (χ0n) is 9.66. The van der Waals surface area contributed by atoms with E-state index in [1.807, 2.05) is 18.2 Å². The van der Waals surface area contributed by atoms with Gasteiger partial charge >= 0.3 is 0 Å². The molecule has 0 amide bonds. The molecule has 0 aliphatic carbocycles. The van der Waals surface area contributed by atoms with Crippen molar-refractivity contribution in [3.05, 3.63) is 30.2 Å². The van der Waals surface area contributed by atoms with Gasteiger partial charge in [-0.05, 0) is 26.0 Å². The Morgan fingerprint density at radius 1 is 1.41 bits per heavy atom. The van der Waals surface area contributed by atoms with E-state index in [9.17, 15) is 8.42 Å².